The average molecular weight is 467 g/mol. The molecule has 0 bridgehead atoms. The van der Waals surface area contributed by atoms with Gasteiger partial charge in [-0.25, -0.2) is 0 Å². The summed E-state index contributed by atoms with van der Waals surface area (Å²) in [5.41, 5.74) is 1.02. The fourth-order valence-electron chi connectivity index (χ4n) is 3.10. The Morgan fingerprint density at radius 1 is 0.812 bits per heavy atom. The molecule has 0 saturated heterocycles. The van der Waals surface area contributed by atoms with E-state index in [0.717, 1.165) is 0 Å². The van der Waals surface area contributed by atoms with Crippen LogP contribution >= 0.6 is 0 Å². The van der Waals surface area contributed by atoms with Crippen molar-refractivity contribution in [1.82, 2.24) is 0 Å². The Hall–Kier alpha value is -2.50. The van der Waals surface area contributed by atoms with Crippen LogP contribution in [0.2, 0.25) is 0 Å². The van der Waals surface area contributed by atoms with Crippen LogP contribution in [0.3, 0.4) is 0 Å². The van der Waals surface area contributed by atoms with Crippen LogP contribution in [0.5, 0.6) is 11.5 Å². The van der Waals surface area contributed by atoms with E-state index in [1.54, 1.807) is 0 Å². The van der Waals surface area contributed by atoms with E-state index in [1.807, 2.05) is 0 Å². The van der Waals surface area contributed by atoms with Crippen molar-refractivity contribution in [2.24, 2.45) is 5.73 Å². The molecule has 11 heteroatoms. The number of hydrogen-bond donors (Lipinski definition) is 2. The summed E-state index contributed by atoms with van der Waals surface area (Å²) in [5, 5.41) is 11.1. The first-order chi connectivity index (χ1) is 14.8. The van der Waals surface area contributed by atoms with E-state index in [-0.39, 0.29) is 24.6 Å². The first kappa shape index (κ1) is 25.8. The van der Waals surface area contributed by atoms with E-state index >= 15 is 0 Å². The lowest BCUT2D eigenvalue weighted by Gasteiger charge is -2.29. The van der Waals surface area contributed by atoms with Crippen molar-refractivity contribution in [2.45, 2.75) is 31.0 Å². The SMILES string of the molecule is COc1ccc(C(O)(CCN)COCc2cc(C(F)(F)F)cc(C(F)(F)F)c2)cc1OC. The molecule has 0 aliphatic carbocycles. The van der Waals surface area contributed by atoms with E-state index in [0.29, 0.717) is 29.2 Å². The lowest BCUT2D eigenvalue weighted by atomic mass is 9.91. The predicted molar refractivity (Wildman–Crippen MR) is 103 cm³/mol. The van der Waals surface area contributed by atoms with Crippen LogP contribution in [-0.2, 0) is 29.3 Å². The molecule has 0 aliphatic heterocycles. The fraction of sp³-hybridized carbons (Fsp3) is 0.429. The molecule has 1 atom stereocenters. The molecule has 2 aromatic rings. The molecule has 32 heavy (non-hydrogen) atoms. The second-order valence-corrected chi connectivity index (χ2v) is 7.05. The number of rotatable bonds is 9. The van der Waals surface area contributed by atoms with Crippen molar-refractivity contribution >= 4 is 0 Å². The van der Waals surface area contributed by atoms with Crippen molar-refractivity contribution < 1.29 is 45.7 Å². The molecule has 178 valence electrons. The maximum atomic E-state index is 13.0. The van der Waals surface area contributed by atoms with E-state index in [1.165, 1.54) is 32.4 Å². The standard InChI is InChI=1S/C21H23F6NO4/c1-30-17-4-3-14(10-18(17)31-2)19(29,5-6-28)12-32-11-13-7-15(20(22,23)24)9-16(8-13)21(25,26)27/h3-4,7-10,29H,5-6,11-12,28H2,1-2H3. The van der Waals surface area contributed by atoms with E-state index in [9.17, 15) is 31.4 Å². The average Bonchev–Trinajstić information content (AvgIpc) is 2.72. The van der Waals surface area contributed by atoms with Gasteiger partial charge >= 0.3 is 12.4 Å². The number of benzene rings is 2. The molecule has 3 N–H and O–H groups in total. The second kappa shape index (κ2) is 9.97. The van der Waals surface area contributed by atoms with E-state index in [2.05, 4.69) is 0 Å². The molecular weight excluding hydrogens is 444 g/mol. The summed E-state index contributed by atoms with van der Waals surface area (Å²) in [4.78, 5) is 0. The van der Waals surface area contributed by atoms with Gasteiger partial charge in [-0.05, 0) is 54.4 Å². The zero-order chi connectivity index (χ0) is 24.2. The van der Waals surface area contributed by atoms with Gasteiger partial charge in [0.2, 0.25) is 0 Å². The number of hydrogen-bond acceptors (Lipinski definition) is 5. The first-order valence-electron chi connectivity index (χ1n) is 9.35. The topological polar surface area (TPSA) is 73.9 Å². The van der Waals surface area contributed by atoms with Crippen LogP contribution in [-0.4, -0.2) is 32.5 Å². The minimum absolute atomic E-state index is 0.0128. The Bertz CT molecular complexity index is 884. The number of nitrogens with two attached hydrogens (primary N) is 1. The monoisotopic (exact) mass is 467 g/mol. The van der Waals surface area contributed by atoms with Gasteiger partial charge in [0.15, 0.2) is 11.5 Å². The number of alkyl halides is 6. The molecule has 1 unspecified atom stereocenters. The summed E-state index contributed by atoms with van der Waals surface area (Å²) in [6, 6.07) is 5.76. The number of aliphatic hydroxyl groups is 1. The number of ether oxygens (including phenoxy) is 3. The Balaban J connectivity index is 2.27. The highest BCUT2D eigenvalue weighted by molar-refractivity contribution is 5.44. The highest BCUT2D eigenvalue weighted by Gasteiger charge is 2.37. The van der Waals surface area contributed by atoms with Crippen LogP contribution in [0.25, 0.3) is 0 Å². The molecule has 5 nitrogen and oxygen atoms in total. The van der Waals surface area contributed by atoms with Gasteiger partial charge in [0.05, 0.1) is 38.6 Å². The van der Waals surface area contributed by atoms with Crippen LogP contribution in [0, 0.1) is 0 Å². The van der Waals surface area contributed by atoms with Crippen molar-refractivity contribution in [2.75, 3.05) is 27.4 Å². The fourth-order valence-corrected chi connectivity index (χ4v) is 3.10. The minimum Gasteiger partial charge on any atom is -0.493 e. The van der Waals surface area contributed by atoms with Crippen LogP contribution in [0.15, 0.2) is 36.4 Å². The lowest BCUT2D eigenvalue weighted by molar-refractivity contribution is -0.143. The van der Waals surface area contributed by atoms with Crippen molar-refractivity contribution in [3.63, 3.8) is 0 Å². The summed E-state index contributed by atoms with van der Waals surface area (Å²) in [6.45, 7) is -0.986. The summed E-state index contributed by atoms with van der Waals surface area (Å²) in [5.74, 6) is 0.712. The van der Waals surface area contributed by atoms with Crippen molar-refractivity contribution in [1.29, 1.82) is 0 Å². The summed E-state index contributed by atoms with van der Waals surface area (Å²) < 4.78 is 93.8. The van der Waals surface area contributed by atoms with E-state index in [4.69, 9.17) is 19.9 Å². The molecule has 0 spiro atoms. The molecule has 0 saturated carbocycles. The Morgan fingerprint density at radius 2 is 1.38 bits per heavy atom. The van der Waals surface area contributed by atoms with Gasteiger partial charge in [0.1, 0.15) is 5.60 Å². The largest absolute Gasteiger partial charge is 0.493 e. The van der Waals surface area contributed by atoms with Gasteiger partial charge in [-0.15, -0.1) is 0 Å². The van der Waals surface area contributed by atoms with Gasteiger partial charge < -0.3 is 25.1 Å². The molecule has 0 amide bonds. The molecule has 0 radical (unpaired) electrons. The van der Waals surface area contributed by atoms with Gasteiger partial charge in [-0.3, -0.25) is 0 Å². The quantitative estimate of drug-likeness (QED) is 0.532. The molecular formula is C21H23F6NO4. The predicted octanol–water partition coefficient (Wildman–Crippen LogP) is 4.49. The zero-order valence-electron chi connectivity index (χ0n) is 17.3. The molecule has 0 aromatic heterocycles. The normalized spacial score (nSPS) is 14.2. The highest BCUT2D eigenvalue weighted by atomic mass is 19.4. The summed E-state index contributed by atoms with van der Waals surface area (Å²) in [6.07, 6.45) is -9.91. The van der Waals surface area contributed by atoms with Gasteiger partial charge in [-0.2, -0.15) is 26.3 Å². The smallest absolute Gasteiger partial charge is 0.416 e. The Labute approximate surface area is 180 Å². The van der Waals surface area contributed by atoms with Crippen LogP contribution < -0.4 is 15.2 Å². The summed E-state index contributed by atoms with van der Waals surface area (Å²) in [7, 11) is 2.82. The third-order valence-corrected chi connectivity index (χ3v) is 4.74. The molecule has 0 fully saturated rings. The third-order valence-electron chi connectivity index (χ3n) is 4.74. The Morgan fingerprint density at radius 3 is 1.84 bits per heavy atom. The summed E-state index contributed by atoms with van der Waals surface area (Å²) >= 11 is 0. The van der Waals surface area contributed by atoms with Gasteiger partial charge in [0.25, 0.3) is 0 Å². The Kier molecular flexibility index (Phi) is 8.02. The first-order valence-corrected chi connectivity index (χ1v) is 9.35. The van der Waals surface area contributed by atoms with Crippen molar-refractivity contribution in [3.8, 4) is 11.5 Å². The number of halogens is 6. The maximum absolute atomic E-state index is 13.0. The van der Waals surface area contributed by atoms with Crippen LogP contribution in [0.1, 0.15) is 28.7 Å². The minimum atomic E-state index is -4.96. The molecule has 0 aliphatic rings. The molecule has 2 rings (SSSR count). The zero-order valence-corrected chi connectivity index (χ0v) is 17.3. The lowest BCUT2D eigenvalue weighted by Crippen LogP contribution is -2.34. The van der Waals surface area contributed by atoms with Crippen molar-refractivity contribution in [3.05, 3.63) is 58.7 Å². The maximum Gasteiger partial charge on any atom is 0.416 e. The second-order valence-electron chi connectivity index (χ2n) is 7.05. The highest BCUT2D eigenvalue weighted by Crippen LogP contribution is 2.37. The van der Waals surface area contributed by atoms with Crippen LogP contribution in [0.4, 0.5) is 26.3 Å². The third kappa shape index (κ3) is 6.27. The number of methoxy groups -OCH3 is 2. The molecule has 0 heterocycles. The van der Waals surface area contributed by atoms with Gasteiger partial charge in [0, 0.05) is 0 Å². The van der Waals surface area contributed by atoms with Gasteiger partial charge in [-0.1, -0.05) is 6.07 Å². The molecule has 2 aromatic carbocycles. The van der Waals surface area contributed by atoms with E-state index < -0.39 is 42.3 Å².